The van der Waals surface area contributed by atoms with E-state index in [1.54, 1.807) is 7.11 Å². The predicted molar refractivity (Wildman–Crippen MR) is 76.5 cm³/mol. The molecule has 110 valence electrons. The molecular weight excluding hydrogens is 256 g/mol. The van der Waals surface area contributed by atoms with Crippen LogP contribution in [-0.2, 0) is 9.53 Å². The van der Waals surface area contributed by atoms with Gasteiger partial charge in [0.15, 0.2) is 0 Å². The summed E-state index contributed by atoms with van der Waals surface area (Å²) < 4.78 is 10.8. The van der Waals surface area contributed by atoms with Crippen LogP contribution in [0.25, 0.3) is 0 Å². The quantitative estimate of drug-likeness (QED) is 0.853. The Hall–Kier alpha value is -1.59. The van der Waals surface area contributed by atoms with Crippen LogP contribution in [0.4, 0.5) is 0 Å². The second kappa shape index (κ2) is 6.72. The summed E-state index contributed by atoms with van der Waals surface area (Å²) in [6.07, 6.45) is 1.22. The van der Waals surface area contributed by atoms with Crippen molar-refractivity contribution in [3.63, 3.8) is 0 Å². The number of carbonyl (C=O) groups excluding carboxylic acids is 1. The molecule has 1 aliphatic rings. The van der Waals surface area contributed by atoms with Crippen LogP contribution in [-0.4, -0.2) is 31.8 Å². The van der Waals surface area contributed by atoms with Crippen LogP contribution in [0.15, 0.2) is 24.3 Å². The van der Waals surface area contributed by atoms with Crippen molar-refractivity contribution >= 4 is 5.91 Å². The zero-order valence-electron chi connectivity index (χ0n) is 12.0. The maximum absolute atomic E-state index is 12.1. The molecule has 1 aromatic carbocycles. The first-order chi connectivity index (χ1) is 9.63. The van der Waals surface area contributed by atoms with E-state index >= 15 is 0 Å². The van der Waals surface area contributed by atoms with Crippen molar-refractivity contribution in [1.82, 2.24) is 5.32 Å². The molecule has 5 heteroatoms. The van der Waals surface area contributed by atoms with E-state index in [4.69, 9.17) is 15.2 Å². The predicted octanol–water partition coefficient (Wildman–Crippen LogP) is 1.38. The number of methoxy groups -OCH3 is 1. The molecule has 0 bridgehead atoms. The van der Waals surface area contributed by atoms with Crippen LogP contribution in [0.1, 0.15) is 31.4 Å². The van der Waals surface area contributed by atoms with Crippen molar-refractivity contribution in [3.05, 3.63) is 29.8 Å². The first-order valence-corrected chi connectivity index (χ1v) is 6.94. The van der Waals surface area contributed by atoms with Crippen LogP contribution in [0.5, 0.6) is 5.75 Å². The fourth-order valence-electron chi connectivity index (χ4n) is 2.37. The number of benzene rings is 1. The summed E-state index contributed by atoms with van der Waals surface area (Å²) >= 11 is 0. The second-order valence-corrected chi connectivity index (χ2v) is 5.07. The van der Waals surface area contributed by atoms with Crippen LogP contribution in [0, 0.1) is 0 Å². The average Bonchev–Trinajstić information content (AvgIpc) is 2.96. The third-order valence-electron chi connectivity index (χ3n) is 3.62. The Kier molecular flexibility index (Phi) is 4.98. The van der Waals surface area contributed by atoms with Crippen LogP contribution < -0.4 is 15.8 Å². The van der Waals surface area contributed by atoms with E-state index in [1.807, 2.05) is 31.2 Å². The van der Waals surface area contributed by atoms with Gasteiger partial charge >= 0.3 is 0 Å². The lowest BCUT2D eigenvalue weighted by Gasteiger charge is -2.18. The molecule has 1 fully saturated rings. The molecule has 5 nitrogen and oxygen atoms in total. The number of nitrogens with one attached hydrogen (secondary N) is 1. The molecule has 20 heavy (non-hydrogen) atoms. The number of amides is 1. The molecule has 2 rings (SSSR count). The first-order valence-electron chi connectivity index (χ1n) is 6.94. The van der Waals surface area contributed by atoms with Gasteiger partial charge in [-0.15, -0.1) is 0 Å². The van der Waals surface area contributed by atoms with Crippen molar-refractivity contribution in [2.75, 3.05) is 13.7 Å². The minimum absolute atomic E-state index is 0.0119. The van der Waals surface area contributed by atoms with Crippen molar-refractivity contribution < 1.29 is 14.3 Å². The Morgan fingerprint density at radius 3 is 3.00 bits per heavy atom. The van der Waals surface area contributed by atoms with Crippen molar-refractivity contribution in [3.8, 4) is 5.75 Å². The number of carbonyl (C=O) groups is 1. The highest BCUT2D eigenvalue weighted by Crippen LogP contribution is 2.22. The Bertz CT molecular complexity index is 464. The fourth-order valence-corrected chi connectivity index (χ4v) is 2.37. The minimum atomic E-state index is -0.378. The lowest BCUT2D eigenvalue weighted by Crippen LogP contribution is -2.37. The summed E-state index contributed by atoms with van der Waals surface area (Å²) in [5.74, 6) is 0.709. The Labute approximate surface area is 119 Å². The second-order valence-electron chi connectivity index (χ2n) is 5.07. The van der Waals surface area contributed by atoms with Crippen molar-refractivity contribution in [2.24, 2.45) is 5.73 Å². The van der Waals surface area contributed by atoms with Gasteiger partial charge in [0.2, 0.25) is 5.91 Å². The molecule has 0 saturated carbocycles. The van der Waals surface area contributed by atoms with Gasteiger partial charge in [0.25, 0.3) is 0 Å². The van der Waals surface area contributed by atoms with E-state index in [2.05, 4.69) is 5.32 Å². The number of nitrogens with two attached hydrogens (primary N) is 1. The molecular formula is C15H22N2O3. The number of hydrogen-bond donors (Lipinski definition) is 2. The van der Waals surface area contributed by atoms with E-state index < -0.39 is 0 Å². The minimum Gasteiger partial charge on any atom is -0.497 e. The highest BCUT2D eigenvalue weighted by molar-refractivity contribution is 5.81. The van der Waals surface area contributed by atoms with E-state index in [-0.39, 0.29) is 24.2 Å². The SMILES string of the molecule is COc1cccc([C@@H](C)NC(=O)C2CCC(CN)O2)c1. The van der Waals surface area contributed by atoms with Gasteiger partial charge < -0.3 is 20.5 Å². The maximum Gasteiger partial charge on any atom is 0.249 e. The van der Waals surface area contributed by atoms with E-state index in [9.17, 15) is 4.79 Å². The third kappa shape index (κ3) is 3.49. The largest absolute Gasteiger partial charge is 0.497 e. The normalized spacial score (nSPS) is 23.4. The molecule has 3 N–H and O–H groups in total. The zero-order chi connectivity index (χ0) is 14.5. The molecule has 0 spiro atoms. The highest BCUT2D eigenvalue weighted by atomic mass is 16.5. The molecule has 1 amide bonds. The number of rotatable bonds is 5. The standard InChI is InChI=1S/C15H22N2O3/c1-10(11-4-3-5-12(8-11)19-2)17-15(18)14-7-6-13(9-16)20-14/h3-5,8,10,13-14H,6-7,9,16H2,1-2H3,(H,17,18)/t10-,13?,14?/m1/s1. The Morgan fingerprint density at radius 2 is 2.35 bits per heavy atom. The van der Waals surface area contributed by atoms with Gasteiger partial charge in [-0.3, -0.25) is 4.79 Å². The van der Waals surface area contributed by atoms with Crippen molar-refractivity contribution in [2.45, 2.75) is 38.0 Å². The number of ether oxygens (including phenoxy) is 2. The van der Waals surface area contributed by atoms with Gasteiger partial charge in [0.1, 0.15) is 11.9 Å². The highest BCUT2D eigenvalue weighted by Gasteiger charge is 2.30. The summed E-state index contributed by atoms with van der Waals surface area (Å²) in [4.78, 5) is 12.1. The van der Waals surface area contributed by atoms with Gasteiger partial charge in [0.05, 0.1) is 19.3 Å². The summed E-state index contributed by atoms with van der Waals surface area (Å²) in [5.41, 5.74) is 6.56. The third-order valence-corrected chi connectivity index (χ3v) is 3.62. The molecule has 1 aromatic rings. The summed E-state index contributed by atoms with van der Waals surface area (Å²) in [6.45, 7) is 2.41. The van der Waals surface area contributed by atoms with Crippen molar-refractivity contribution in [1.29, 1.82) is 0 Å². The molecule has 1 aliphatic heterocycles. The topological polar surface area (TPSA) is 73.6 Å². The molecule has 0 aromatic heterocycles. The van der Waals surface area contributed by atoms with Crippen LogP contribution in [0.2, 0.25) is 0 Å². The van der Waals surface area contributed by atoms with Crippen LogP contribution >= 0.6 is 0 Å². The van der Waals surface area contributed by atoms with E-state index in [0.717, 1.165) is 24.2 Å². The Balaban J connectivity index is 1.93. The molecule has 0 radical (unpaired) electrons. The number of hydrogen-bond acceptors (Lipinski definition) is 4. The van der Waals surface area contributed by atoms with Gasteiger partial charge in [0, 0.05) is 6.54 Å². The summed E-state index contributed by atoms with van der Waals surface area (Å²) in [7, 11) is 1.63. The average molecular weight is 278 g/mol. The van der Waals surface area contributed by atoms with Gasteiger partial charge in [-0.25, -0.2) is 0 Å². The zero-order valence-corrected chi connectivity index (χ0v) is 12.0. The van der Waals surface area contributed by atoms with Gasteiger partial charge in [-0.2, -0.15) is 0 Å². The molecule has 0 aliphatic carbocycles. The van der Waals surface area contributed by atoms with Gasteiger partial charge in [-0.05, 0) is 37.5 Å². The lowest BCUT2D eigenvalue weighted by atomic mass is 10.1. The Morgan fingerprint density at radius 1 is 1.55 bits per heavy atom. The summed E-state index contributed by atoms with van der Waals surface area (Å²) in [5, 5.41) is 2.97. The smallest absolute Gasteiger partial charge is 0.249 e. The summed E-state index contributed by atoms with van der Waals surface area (Å²) in [6, 6.07) is 7.59. The molecule has 3 atom stereocenters. The first kappa shape index (κ1) is 14.8. The van der Waals surface area contributed by atoms with E-state index in [1.165, 1.54) is 0 Å². The maximum atomic E-state index is 12.1. The van der Waals surface area contributed by atoms with E-state index in [0.29, 0.717) is 6.54 Å². The fraction of sp³-hybridized carbons (Fsp3) is 0.533. The molecule has 1 heterocycles. The molecule has 1 saturated heterocycles. The molecule has 2 unspecified atom stereocenters. The monoisotopic (exact) mass is 278 g/mol. The van der Waals surface area contributed by atoms with Gasteiger partial charge in [-0.1, -0.05) is 12.1 Å². The van der Waals surface area contributed by atoms with Crippen LogP contribution in [0.3, 0.4) is 0 Å². The lowest BCUT2D eigenvalue weighted by molar-refractivity contribution is -0.132.